The molecule has 0 aliphatic carbocycles. The average molecular weight is 1050 g/mol. The number of rotatable bonds is 46. The molecule has 1 aliphatic heterocycles. The van der Waals surface area contributed by atoms with Crippen molar-refractivity contribution in [3.05, 3.63) is 46.5 Å². The van der Waals surface area contributed by atoms with Crippen LogP contribution in [0.5, 0.6) is 0 Å². The van der Waals surface area contributed by atoms with Gasteiger partial charge in [0.05, 0.1) is 207 Å². The summed E-state index contributed by atoms with van der Waals surface area (Å²) in [5, 5.41) is 5.27. The zero-order valence-corrected chi connectivity index (χ0v) is 46.3. The van der Waals surface area contributed by atoms with Gasteiger partial charge in [0, 0.05) is 50.4 Å². The van der Waals surface area contributed by atoms with E-state index in [9.17, 15) is 11.0 Å². The van der Waals surface area contributed by atoms with E-state index in [2.05, 4.69) is 0 Å². The third-order valence-electron chi connectivity index (χ3n) is 11.2. The lowest BCUT2D eigenvalue weighted by Crippen LogP contribution is -2.36. The fraction of sp³-hybridized carbons (Fsp3) is 0.786. The molecule has 1 aliphatic rings. The Balaban J connectivity index is 2.30. The highest BCUT2D eigenvalue weighted by Crippen LogP contribution is 2.54. The van der Waals surface area contributed by atoms with Crippen molar-refractivity contribution >= 4 is 11.4 Å². The van der Waals surface area contributed by atoms with Gasteiger partial charge < -0.3 is 75.8 Å². The van der Waals surface area contributed by atoms with Gasteiger partial charge in [-0.25, -0.2) is 5.32 Å². The van der Waals surface area contributed by atoms with Crippen molar-refractivity contribution in [3.8, 4) is 11.1 Å². The molecule has 0 fully saturated rings. The van der Waals surface area contributed by atoms with Crippen LogP contribution in [0.3, 0.4) is 0 Å². The molecule has 2 aromatic rings. The minimum absolute atomic E-state index is 0.0557. The van der Waals surface area contributed by atoms with Gasteiger partial charge in [-0.3, -0.25) is 0 Å². The van der Waals surface area contributed by atoms with Gasteiger partial charge >= 0.3 is 0 Å². The summed E-state index contributed by atoms with van der Waals surface area (Å²) >= 11 is 0. The molecular formula is C56H96NO16. The van der Waals surface area contributed by atoms with Crippen LogP contribution >= 0.6 is 0 Å². The van der Waals surface area contributed by atoms with E-state index in [1.165, 1.54) is 13.8 Å². The van der Waals surface area contributed by atoms with Crippen molar-refractivity contribution in [2.24, 2.45) is 0 Å². The van der Waals surface area contributed by atoms with E-state index in [1.54, 1.807) is 40.6 Å². The van der Waals surface area contributed by atoms with Crippen LogP contribution in [-0.4, -0.2) is 213 Å². The second-order valence-electron chi connectivity index (χ2n) is 19.4. The molecule has 0 saturated heterocycles. The quantitative estimate of drug-likeness (QED) is 0.0525. The van der Waals surface area contributed by atoms with E-state index in [0.717, 1.165) is 0 Å². The topological polar surface area (TPSA) is 162 Å². The second kappa shape index (κ2) is 36.6. The number of methoxy groups -OCH3 is 4. The minimum atomic E-state index is -2.86. The van der Waals surface area contributed by atoms with Gasteiger partial charge in [0.25, 0.3) is 0 Å². The number of nitrogens with zero attached hydrogens (tertiary/aromatic N) is 1. The van der Waals surface area contributed by atoms with Crippen LogP contribution in [0.15, 0.2) is 24.3 Å². The lowest BCUT2D eigenvalue weighted by molar-refractivity contribution is -0.0267. The fourth-order valence-electron chi connectivity index (χ4n) is 6.96. The molecule has 73 heavy (non-hydrogen) atoms. The van der Waals surface area contributed by atoms with Crippen molar-refractivity contribution in [2.75, 3.05) is 213 Å². The van der Waals surface area contributed by atoms with Crippen molar-refractivity contribution in [1.82, 2.24) is 5.32 Å². The lowest BCUT2D eigenvalue weighted by Gasteiger charge is -2.34. The van der Waals surface area contributed by atoms with Gasteiger partial charge in [-0.15, -0.1) is 0 Å². The lowest BCUT2D eigenvalue weighted by atomic mass is 9.75. The number of fused-ring (bicyclic) bond motifs is 3. The van der Waals surface area contributed by atoms with E-state index >= 15 is 0 Å². The Morgan fingerprint density at radius 3 is 0.726 bits per heavy atom. The van der Waals surface area contributed by atoms with Gasteiger partial charge in [0.15, 0.2) is 0 Å². The molecule has 0 spiro atoms. The Morgan fingerprint density at radius 2 is 0.521 bits per heavy atom. The van der Waals surface area contributed by atoms with Crippen LogP contribution in [0.25, 0.3) is 11.1 Å². The van der Waals surface area contributed by atoms with Gasteiger partial charge in [0.2, 0.25) is 0 Å². The summed E-state index contributed by atoms with van der Waals surface area (Å²) in [5.41, 5.74) is -3.20. The Bertz CT molecular complexity index is 1880. The highest BCUT2D eigenvalue weighted by Gasteiger charge is 2.41. The van der Waals surface area contributed by atoms with Crippen molar-refractivity contribution in [2.45, 2.75) is 77.0 Å². The maximum Gasteiger partial charge on any atom is 0.0755 e. The van der Waals surface area contributed by atoms with Crippen molar-refractivity contribution < 1.29 is 86.8 Å². The smallest absolute Gasteiger partial charge is 0.0755 e. The highest BCUT2D eigenvalue weighted by atomic mass is 16.6. The summed E-state index contributed by atoms with van der Waals surface area (Å²) in [6.45, 7) is 6.81. The monoisotopic (exact) mass is 1050 g/mol. The third-order valence-corrected chi connectivity index (χ3v) is 11.2. The summed E-state index contributed by atoms with van der Waals surface area (Å²) < 4.78 is 168. The Morgan fingerprint density at radius 1 is 0.315 bits per heavy atom. The van der Waals surface area contributed by atoms with Gasteiger partial charge in [-0.1, -0.05) is 67.5 Å². The molecule has 3 rings (SSSR count). The SMILES string of the molecule is [2H]C([2H])(OCCOCCOCCOC)C(C)(c1cc(C(C)(C)C)cc2c1[N]c1c-2cc(C(C)(C)C)cc1C(C)(C([2H])([2H])OCCOCCOCCOC)C([2H])([2H])OCCOCCOCCOC)C([2H])([2H])OCCOCCOCCOC. The summed E-state index contributed by atoms with van der Waals surface area (Å²) in [4.78, 5) is 0. The van der Waals surface area contributed by atoms with Crippen LogP contribution < -0.4 is 5.32 Å². The standard InChI is InChI=1S/C56H96NO16/c1-53(2,3)45-37-47-48-38-46(54(4,5)6)40-50(56(8,43-72-35-31-68-27-23-64-19-15-60-11)44-73-36-32-69-28-24-65-20-16-61-12)52(48)57-51(47)49(39-45)55(7,41-70-33-29-66-25-21-62-17-13-58-9)42-71-34-30-67-26-22-63-18-14-59-10/h37-40H,13-36,41-44H2,1-12H3/i41D2,42D2,43D2,44D2. The Kier molecular flexibility index (Phi) is 26.4. The first-order valence-corrected chi connectivity index (χ1v) is 25.4. The zero-order valence-electron chi connectivity index (χ0n) is 54.3. The predicted octanol–water partition coefficient (Wildman–Crippen LogP) is 7.13. The fourth-order valence-corrected chi connectivity index (χ4v) is 6.96. The Labute approximate surface area is 450 Å². The van der Waals surface area contributed by atoms with Gasteiger partial charge in [-0.05, 0) is 45.2 Å². The maximum atomic E-state index is 9.81. The van der Waals surface area contributed by atoms with Crippen LogP contribution in [-0.2, 0) is 97.4 Å². The second-order valence-corrected chi connectivity index (χ2v) is 19.4. The van der Waals surface area contributed by atoms with E-state index in [0.29, 0.717) is 75.1 Å². The molecule has 1 heterocycles. The molecule has 17 heteroatoms. The molecule has 0 atom stereocenters. The molecule has 1 radical (unpaired) electrons. The van der Waals surface area contributed by atoms with Crippen molar-refractivity contribution in [1.29, 1.82) is 0 Å². The maximum absolute atomic E-state index is 9.81. The van der Waals surface area contributed by atoms with Crippen molar-refractivity contribution in [3.63, 3.8) is 0 Å². The number of ether oxygens (including phenoxy) is 16. The molecule has 17 nitrogen and oxygen atoms in total. The summed E-state index contributed by atoms with van der Waals surface area (Å²) in [5.74, 6) is 0. The summed E-state index contributed by atoms with van der Waals surface area (Å²) in [7, 11) is 6.29. The van der Waals surface area contributed by atoms with Crippen LogP contribution in [0.2, 0.25) is 0 Å². The van der Waals surface area contributed by atoms with E-state index < -0.39 is 47.9 Å². The zero-order chi connectivity index (χ0) is 60.4. The van der Waals surface area contributed by atoms with E-state index in [-0.39, 0.29) is 128 Å². The Hall–Kier alpha value is -2.40. The number of hydrogen-bond donors (Lipinski definition) is 0. The molecule has 0 amide bonds. The first kappa shape index (κ1) is 52.6. The molecule has 0 saturated carbocycles. The van der Waals surface area contributed by atoms with Crippen LogP contribution in [0, 0.1) is 0 Å². The normalized spacial score (nSPS) is 15.4. The third kappa shape index (κ3) is 24.6. The molecule has 0 unspecified atom stereocenters. The van der Waals surface area contributed by atoms with Crippen LogP contribution in [0.4, 0.5) is 11.4 Å². The molecule has 0 N–H and O–H groups in total. The predicted molar refractivity (Wildman–Crippen MR) is 283 cm³/mol. The molecule has 2 aromatic carbocycles. The summed E-state index contributed by atoms with van der Waals surface area (Å²) in [6, 6.07) is 7.28. The first-order chi connectivity index (χ1) is 38.1. The average Bonchev–Trinajstić information content (AvgIpc) is 4.05. The first-order valence-electron chi connectivity index (χ1n) is 29.4. The highest BCUT2D eigenvalue weighted by molar-refractivity contribution is 5.95. The molecular weight excluding hydrogens is 943 g/mol. The van der Waals surface area contributed by atoms with Gasteiger partial charge in [0.1, 0.15) is 0 Å². The summed E-state index contributed by atoms with van der Waals surface area (Å²) in [6.07, 6.45) is 0. The van der Waals surface area contributed by atoms with Crippen LogP contribution in [0.1, 0.15) is 88.6 Å². The van der Waals surface area contributed by atoms with E-state index in [4.69, 9.17) is 81.1 Å². The molecule has 0 bridgehead atoms. The number of hydrogen-bond acceptors (Lipinski definition) is 16. The van der Waals surface area contributed by atoms with Gasteiger partial charge in [-0.2, -0.15) is 0 Å². The minimum Gasteiger partial charge on any atom is -0.382 e. The molecule has 0 aromatic heterocycles. The number of benzene rings is 2. The largest absolute Gasteiger partial charge is 0.382 e. The molecule has 421 valence electrons. The van der Waals surface area contributed by atoms with E-state index in [1.807, 2.05) is 53.7 Å².